The van der Waals surface area contributed by atoms with E-state index in [1.54, 1.807) is 43.3 Å². The van der Waals surface area contributed by atoms with Gasteiger partial charge in [-0.2, -0.15) is 0 Å². The summed E-state index contributed by atoms with van der Waals surface area (Å²) in [4.78, 5) is 25.1. The molecule has 0 aliphatic heterocycles. The topological polar surface area (TPSA) is 43.4 Å². The van der Waals surface area contributed by atoms with Gasteiger partial charge in [-0.15, -0.1) is 0 Å². The third kappa shape index (κ3) is 3.89. The van der Waals surface area contributed by atoms with Crippen molar-refractivity contribution in [2.24, 2.45) is 0 Å². The molecule has 3 aromatic carbocycles. The molecule has 3 heteroatoms. The zero-order chi connectivity index (χ0) is 18.5. The Morgan fingerprint density at radius 2 is 1.46 bits per heavy atom. The van der Waals surface area contributed by atoms with Crippen molar-refractivity contribution in [1.29, 1.82) is 0 Å². The van der Waals surface area contributed by atoms with E-state index in [9.17, 15) is 9.59 Å². The summed E-state index contributed by atoms with van der Waals surface area (Å²) in [5, 5.41) is 0. The molecule has 0 fully saturated rings. The molecular formula is C23H20O3. The van der Waals surface area contributed by atoms with Crippen molar-refractivity contribution >= 4 is 11.8 Å². The zero-order valence-corrected chi connectivity index (χ0v) is 14.8. The Labute approximate surface area is 153 Å². The summed E-state index contributed by atoms with van der Waals surface area (Å²) in [6.45, 7) is 3.68. The van der Waals surface area contributed by atoms with Gasteiger partial charge in [-0.1, -0.05) is 66.7 Å². The minimum Gasteiger partial charge on any atom is -0.426 e. The molecule has 0 heterocycles. The number of benzene rings is 3. The molecule has 0 spiro atoms. The van der Waals surface area contributed by atoms with Gasteiger partial charge in [0, 0.05) is 11.1 Å². The first-order valence-corrected chi connectivity index (χ1v) is 8.53. The molecule has 26 heavy (non-hydrogen) atoms. The highest BCUT2D eigenvalue weighted by Crippen LogP contribution is 2.23. The summed E-state index contributed by atoms with van der Waals surface area (Å²) >= 11 is 0. The van der Waals surface area contributed by atoms with Crippen molar-refractivity contribution in [1.82, 2.24) is 0 Å². The minimum atomic E-state index is -0.474. The fraction of sp³-hybridized carbons (Fsp3) is 0.130. The van der Waals surface area contributed by atoms with E-state index in [1.807, 2.05) is 49.4 Å². The van der Waals surface area contributed by atoms with E-state index in [2.05, 4.69) is 0 Å². The smallest absolute Gasteiger partial charge is 0.318 e. The highest BCUT2D eigenvalue weighted by Gasteiger charge is 2.20. The van der Waals surface area contributed by atoms with Crippen LogP contribution in [0, 0.1) is 6.92 Å². The monoisotopic (exact) mass is 344 g/mol. The van der Waals surface area contributed by atoms with E-state index in [1.165, 1.54) is 0 Å². The molecule has 0 saturated carbocycles. The molecule has 3 rings (SSSR count). The summed E-state index contributed by atoms with van der Waals surface area (Å²) in [6.07, 6.45) is 0. The minimum absolute atomic E-state index is 0.0630. The van der Waals surface area contributed by atoms with Gasteiger partial charge < -0.3 is 4.74 Å². The fourth-order valence-electron chi connectivity index (χ4n) is 2.71. The average Bonchev–Trinajstić information content (AvgIpc) is 2.69. The third-order valence-electron chi connectivity index (χ3n) is 4.34. The van der Waals surface area contributed by atoms with E-state index in [0.717, 1.165) is 11.1 Å². The Kier molecular flexibility index (Phi) is 5.28. The van der Waals surface area contributed by atoms with Crippen LogP contribution in [0.3, 0.4) is 0 Å². The second-order valence-corrected chi connectivity index (χ2v) is 6.23. The molecule has 0 aromatic heterocycles. The molecule has 1 atom stereocenters. The number of carbonyl (C=O) groups excluding carboxylic acids is 2. The number of carbonyl (C=O) groups is 2. The number of ether oxygens (including phenoxy) is 1. The van der Waals surface area contributed by atoms with E-state index in [0.29, 0.717) is 16.9 Å². The number of para-hydroxylation sites is 1. The number of hydrogen-bond acceptors (Lipinski definition) is 3. The molecular weight excluding hydrogens is 324 g/mol. The molecule has 0 saturated heterocycles. The summed E-state index contributed by atoms with van der Waals surface area (Å²) in [6, 6.07) is 23.7. The Morgan fingerprint density at radius 3 is 2.19 bits per heavy atom. The standard InChI is InChI=1S/C23H20O3/c1-16-9-6-7-14-21(16)26-23(25)17(2)19-12-8-13-20(15-19)22(24)18-10-4-3-5-11-18/h3-15,17H,1-2H3. The van der Waals surface area contributed by atoms with Gasteiger partial charge >= 0.3 is 5.97 Å². The van der Waals surface area contributed by atoms with Gasteiger partial charge in [0.05, 0.1) is 5.92 Å². The first-order valence-electron chi connectivity index (χ1n) is 8.53. The Hall–Kier alpha value is -3.20. The Bertz CT molecular complexity index is 929. The zero-order valence-electron chi connectivity index (χ0n) is 14.8. The van der Waals surface area contributed by atoms with Crippen molar-refractivity contribution in [2.45, 2.75) is 19.8 Å². The maximum Gasteiger partial charge on any atom is 0.318 e. The quantitative estimate of drug-likeness (QED) is 0.374. The maximum absolute atomic E-state index is 12.6. The van der Waals surface area contributed by atoms with Crippen LogP contribution in [0.1, 0.15) is 39.9 Å². The van der Waals surface area contributed by atoms with E-state index >= 15 is 0 Å². The van der Waals surface area contributed by atoms with Gasteiger partial charge in [0.15, 0.2) is 5.78 Å². The molecule has 0 amide bonds. The maximum atomic E-state index is 12.6. The predicted molar refractivity (Wildman–Crippen MR) is 102 cm³/mol. The Morgan fingerprint density at radius 1 is 0.808 bits per heavy atom. The Balaban J connectivity index is 1.80. The van der Waals surface area contributed by atoms with Gasteiger partial charge in [0.1, 0.15) is 5.75 Å². The fourth-order valence-corrected chi connectivity index (χ4v) is 2.71. The van der Waals surface area contributed by atoms with Crippen LogP contribution in [0.2, 0.25) is 0 Å². The summed E-state index contributed by atoms with van der Waals surface area (Å²) in [5.41, 5.74) is 2.84. The molecule has 130 valence electrons. The van der Waals surface area contributed by atoms with Gasteiger partial charge in [-0.3, -0.25) is 9.59 Å². The lowest BCUT2D eigenvalue weighted by atomic mass is 9.96. The molecule has 0 aliphatic carbocycles. The highest BCUT2D eigenvalue weighted by atomic mass is 16.5. The molecule has 0 radical (unpaired) electrons. The SMILES string of the molecule is Cc1ccccc1OC(=O)C(C)c1cccc(C(=O)c2ccccc2)c1. The van der Waals surface area contributed by atoms with Crippen molar-refractivity contribution in [2.75, 3.05) is 0 Å². The van der Waals surface area contributed by atoms with Crippen LogP contribution >= 0.6 is 0 Å². The lowest BCUT2D eigenvalue weighted by Crippen LogP contribution is -2.17. The van der Waals surface area contributed by atoms with Crippen LogP contribution in [0.5, 0.6) is 5.75 Å². The lowest BCUT2D eigenvalue weighted by Gasteiger charge is -2.14. The van der Waals surface area contributed by atoms with Crippen LogP contribution in [-0.4, -0.2) is 11.8 Å². The molecule has 3 aromatic rings. The van der Waals surface area contributed by atoms with Crippen molar-refractivity contribution < 1.29 is 14.3 Å². The van der Waals surface area contributed by atoms with Crippen LogP contribution in [0.4, 0.5) is 0 Å². The van der Waals surface area contributed by atoms with E-state index < -0.39 is 5.92 Å². The van der Waals surface area contributed by atoms with Crippen molar-refractivity contribution in [3.63, 3.8) is 0 Å². The second kappa shape index (κ2) is 7.79. The number of rotatable bonds is 5. The molecule has 0 bridgehead atoms. The number of hydrogen-bond donors (Lipinski definition) is 0. The molecule has 0 aliphatic rings. The number of aryl methyl sites for hydroxylation is 1. The van der Waals surface area contributed by atoms with Crippen LogP contribution in [-0.2, 0) is 4.79 Å². The highest BCUT2D eigenvalue weighted by molar-refractivity contribution is 6.09. The summed E-state index contributed by atoms with van der Waals surface area (Å²) < 4.78 is 5.52. The van der Waals surface area contributed by atoms with Crippen molar-refractivity contribution in [3.05, 3.63) is 101 Å². The van der Waals surface area contributed by atoms with E-state index in [4.69, 9.17) is 4.74 Å². The summed E-state index contributed by atoms with van der Waals surface area (Å²) in [7, 11) is 0. The van der Waals surface area contributed by atoms with Gasteiger partial charge in [0.25, 0.3) is 0 Å². The largest absolute Gasteiger partial charge is 0.426 e. The molecule has 0 N–H and O–H groups in total. The predicted octanol–water partition coefficient (Wildman–Crippen LogP) is 4.94. The normalized spacial score (nSPS) is 11.6. The van der Waals surface area contributed by atoms with Crippen LogP contribution < -0.4 is 4.74 Å². The first kappa shape index (κ1) is 17.6. The molecule has 1 unspecified atom stereocenters. The number of ketones is 1. The van der Waals surface area contributed by atoms with Crippen LogP contribution in [0.25, 0.3) is 0 Å². The van der Waals surface area contributed by atoms with E-state index in [-0.39, 0.29) is 11.8 Å². The van der Waals surface area contributed by atoms with Gasteiger partial charge in [0.2, 0.25) is 0 Å². The third-order valence-corrected chi connectivity index (χ3v) is 4.34. The van der Waals surface area contributed by atoms with Crippen molar-refractivity contribution in [3.8, 4) is 5.75 Å². The van der Waals surface area contributed by atoms with Crippen LogP contribution in [0.15, 0.2) is 78.9 Å². The number of esters is 1. The second-order valence-electron chi connectivity index (χ2n) is 6.23. The lowest BCUT2D eigenvalue weighted by molar-refractivity contribution is -0.135. The van der Waals surface area contributed by atoms with Gasteiger partial charge in [-0.05, 0) is 37.1 Å². The molecule has 3 nitrogen and oxygen atoms in total. The van der Waals surface area contributed by atoms with Gasteiger partial charge in [-0.25, -0.2) is 0 Å². The summed E-state index contributed by atoms with van der Waals surface area (Å²) in [5.74, 6) is -0.325. The first-order chi connectivity index (χ1) is 12.6. The average molecular weight is 344 g/mol.